The van der Waals surface area contributed by atoms with Crippen molar-refractivity contribution in [3.8, 4) is 0 Å². The lowest BCUT2D eigenvalue weighted by Gasteiger charge is -2.33. The molecule has 1 aromatic rings. The van der Waals surface area contributed by atoms with Gasteiger partial charge in [0.1, 0.15) is 5.82 Å². The van der Waals surface area contributed by atoms with E-state index in [1.807, 2.05) is 12.1 Å². The van der Waals surface area contributed by atoms with Gasteiger partial charge in [0.15, 0.2) is 0 Å². The van der Waals surface area contributed by atoms with Crippen molar-refractivity contribution in [1.29, 1.82) is 0 Å². The molecule has 1 aliphatic heterocycles. The summed E-state index contributed by atoms with van der Waals surface area (Å²) in [6.07, 6.45) is 0. The third-order valence-electron chi connectivity index (χ3n) is 3.42. The zero-order chi connectivity index (χ0) is 12.3. The highest BCUT2D eigenvalue weighted by Gasteiger charge is 2.18. The molecule has 18 heavy (non-hydrogen) atoms. The zero-order valence-corrected chi connectivity index (χ0v) is 11.8. The van der Waals surface area contributed by atoms with E-state index in [4.69, 9.17) is 0 Å². The van der Waals surface area contributed by atoms with Crippen LogP contribution < -0.4 is 5.32 Å². The first-order valence-corrected chi connectivity index (χ1v) is 6.36. The molecule has 0 aliphatic carbocycles. The number of nitrogens with one attached hydrogen (secondary N) is 1. The number of rotatable bonds is 3. The second-order valence-electron chi connectivity index (χ2n) is 5.07. The van der Waals surface area contributed by atoms with E-state index < -0.39 is 0 Å². The van der Waals surface area contributed by atoms with Crippen LogP contribution in [-0.4, -0.2) is 37.1 Å². The molecule has 0 bridgehead atoms. The van der Waals surface area contributed by atoms with Crippen molar-refractivity contribution in [1.82, 2.24) is 10.2 Å². The molecule has 2 rings (SSSR count). The van der Waals surface area contributed by atoms with Gasteiger partial charge in [0.2, 0.25) is 0 Å². The van der Waals surface area contributed by atoms with Crippen molar-refractivity contribution < 1.29 is 4.39 Å². The van der Waals surface area contributed by atoms with Crippen LogP contribution in [0.2, 0.25) is 0 Å². The normalized spacial score (nSPS) is 22.3. The molecule has 0 aromatic heterocycles. The molecule has 1 heterocycles. The third kappa shape index (κ3) is 4.23. The van der Waals surface area contributed by atoms with E-state index >= 15 is 0 Å². The summed E-state index contributed by atoms with van der Waals surface area (Å²) in [5.41, 5.74) is 1.22. The Morgan fingerprint density at radius 2 is 2.06 bits per heavy atom. The maximum atomic E-state index is 12.8. The standard InChI is InChI=1S/C14H21FN2.ClH/c1-11(13-3-5-14(15)6-4-13)9-17-8-7-16-12(2)10-17;/h3-6,11-12,16H,7-10H2,1-2H3;1H/t11?,12-;/m1./s1. The molecule has 0 radical (unpaired) electrons. The fourth-order valence-corrected chi connectivity index (χ4v) is 2.46. The smallest absolute Gasteiger partial charge is 0.123 e. The second kappa shape index (κ2) is 7.07. The molecule has 2 atom stereocenters. The lowest BCUT2D eigenvalue weighted by molar-refractivity contribution is 0.198. The first kappa shape index (κ1) is 15.4. The average Bonchev–Trinajstić information content (AvgIpc) is 2.29. The predicted molar refractivity (Wildman–Crippen MR) is 76.0 cm³/mol. The van der Waals surface area contributed by atoms with Crippen LogP contribution in [0.1, 0.15) is 25.3 Å². The number of benzene rings is 1. The van der Waals surface area contributed by atoms with Gasteiger partial charge in [-0.3, -0.25) is 4.90 Å². The van der Waals surface area contributed by atoms with Gasteiger partial charge in [-0.25, -0.2) is 4.39 Å². The molecular formula is C14H22ClFN2. The number of nitrogens with zero attached hydrogens (tertiary/aromatic N) is 1. The minimum Gasteiger partial charge on any atom is -0.312 e. The van der Waals surface area contributed by atoms with Gasteiger partial charge in [0.05, 0.1) is 0 Å². The minimum atomic E-state index is -0.156. The van der Waals surface area contributed by atoms with Gasteiger partial charge in [0.25, 0.3) is 0 Å². The van der Waals surface area contributed by atoms with Crippen LogP contribution in [0.15, 0.2) is 24.3 Å². The van der Waals surface area contributed by atoms with Gasteiger partial charge in [-0.2, -0.15) is 0 Å². The molecule has 1 saturated heterocycles. The minimum absolute atomic E-state index is 0. The van der Waals surface area contributed by atoms with Crippen molar-refractivity contribution in [2.24, 2.45) is 0 Å². The third-order valence-corrected chi connectivity index (χ3v) is 3.42. The topological polar surface area (TPSA) is 15.3 Å². The van der Waals surface area contributed by atoms with E-state index in [1.165, 1.54) is 5.56 Å². The van der Waals surface area contributed by atoms with Crippen LogP contribution >= 0.6 is 12.4 Å². The summed E-state index contributed by atoms with van der Waals surface area (Å²) in [7, 11) is 0. The van der Waals surface area contributed by atoms with Crippen LogP contribution in [0.3, 0.4) is 0 Å². The van der Waals surface area contributed by atoms with Crippen molar-refractivity contribution in [2.75, 3.05) is 26.2 Å². The summed E-state index contributed by atoms with van der Waals surface area (Å²) >= 11 is 0. The fraction of sp³-hybridized carbons (Fsp3) is 0.571. The van der Waals surface area contributed by atoms with E-state index in [0.29, 0.717) is 12.0 Å². The summed E-state index contributed by atoms with van der Waals surface area (Å²) in [6.45, 7) is 8.75. The molecule has 1 aliphatic rings. The van der Waals surface area contributed by atoms with Crippen LogP contribution in [-0.2, 0) is 0 Å². The van der Waals surface area contributed by atoms with Crippen molar-refractivity contribution in [3.63, 3.8) is 0 Å². The number of hydrogen-bond donors (Lipinski definition) is 1. The van der Waals surface area contributed by atoms with E-state index in [1.54, 1.807) is 12.1 Å². The summed E-state index contributed by atoms with van der Waals surface area (Å²) < 4.78 is 12.8. The van der Waals surface area contributed by atoms with E-state index in [9.17, 15) is 4.39 Å². The maximum absolute atomic E-state index is 12.8. The summed E-state index contributed by atoms with van der Waals surface area (Å²) in [4.78, 5) is 2.48. The summed E-state index contributed by atoms with van der Waals surface area (Å²) in [6, 6.07) is 7.46. The Bertz CT molecular complexity index is 355. The lowest BCUT2D eigenvalue weighted by atomic mass is 10.00. The lowest BCUT2D eigenvalue weighted by Crippen LogP contribution is -2.49. The highest BCUT2D eigenvalue weighted by Crippen LogP contribution is 2.17. The monoisotopic (exact) mass is 272 g/mol. The molecule has 0 saturated carbocycles. The van der Waals surface area contributed by atoms with Gasteiger partial charge in [0, 0.05) is 32.2 Å². The Kier molecular flexibility index (Phi) is 6.06. The number of halogens is 2. The summed E-state index contributed by atoms with van der Waals surface area (Å²) in [5, 5.41) is 3.44. The van der Waals surface area contributed by atoms with Crippen LogP contribution in [0.25, 0.3) is 0 Å². The van der Waals surface area contributed by atoms with Crippen LogP contribution in [0.5, 0.6) is 0 Å². The van der Waals surface area contributed by atoms with Crippen LogP contribution in [0.4, 0.5) is 4.39 Å². The number of piperazine rings is 1. The predicted octanol–water partition coefficient (Wildman–Crippen LogP) is 2.64. The number of hydrogen-bond acceptors (Lipinski definition) is 2. The van der Waals surface area contributed by atoms with E-state index in [2.05, 4.69) is 24.1 Å². The molecular weight excluding hydrogens is 251 g/mol. The maximum Gasteiger partial charge on any atom is 0.123 e. The zero-order valence-electron chi connectivity index (χ0n) is 11.0. The first-order valence-electron chi connectivity index (χ1n) is 6.36. The van der Waals surface area contributed by atoms with Gasteiger partial charge in [-0.05, 0) is 30.5 Å². The Hall–Kier alpha value is -0.640. The van der Waals surface area contributed by atoms with E-state index in [0.717, 1.165) is 26.2 Å². The fourth-order valence-electron chi connectivity index (χ4n) is 2.46. The Balaban J connectivity index is 0.00000162. The second-order valence-corrected chi connectivity index (χ2v) is 5.07. The largest absolute Gasteiger partial charge is 0.312 e. The van der Waals surface area contributed by atoms with Crippen molar-refractivity contribution in [3.05, 3.63) is 35.6 Å². The molecule has 1 N–H and O–H groups in total. The molecule has 1 unspecified atom stereocenters. The molecule has 1 fully saturated rings. The van der Waals surface area contributed by atoms with Crippen molar-refractivity contribution in [2.45, 2.75) is 25.8 Å². The van der Waals surface area contributed by atoms with E-state index in [-0.39, 0.29) is 18.2 Å². The highest BCUT2D eigenvalue weighted by molar-refractivity contribution is 5.85. The Morgan fingerprint density at radius 3 is 2.67 bits per heavy atom. The quantitative estimate of drug-likeness (QED) is 0.910. The molecule has 4 heteroatoms. The highest BCUT2D eigenvalue weighted by atomic mass is 35.5. The molecule has 0 amide bonds. The molecule has 2 nitrogen and oxygen atoms in total. The molecule has 0 spiro atoms. The summed E-state index contributed by atoms with van der Waals surface area (Å²) in [5.74, 6) is 0.303. The Labute approximate surface area is 115 Å². The molecule has 1 aromatic carbocycles. The van der Waals surface area contributed by atoms with Gasteiger partial charge < -0.3 is 5.32 Å². The van der Waals surface area contributed by atoms with Crippen molar-refractivity contribution >= 4 is 12.4 Å². The SMILES string of the molecule is CC(CN1CCN[C@H](C)C1)c1ccc(F)cc1.Cl. The van der Waals surface area contributed by atoms with Gasteiger partial charge in [-0.1, -0.05) is 19.1 Å². The van der Waals surface area contributed by atoms with Gasteiger partial charge >= 0.3 is 0 Å². The first-order chi connectivity index (χ1) is 8.15. The molecule has 102 valence electrons. The Morgan fingerprint density at radius 1 is 1.39 bits per heavy atom. The van der Waals surface area contributed by atoms with Crippen LogP contribution in [0, 0.1) is 5.82 Å². The average molecular weight is 273 g/mol. The van der Waals surface area contributed by atoms with Gasteiger partial charge in [-0.15, -0.1) is 12.4 Å².